The zero-order valence-corrected chi connectivity index (χ0v) is 12.4. The Kier molecular flexibility index (Phi) is 5.37. The molecule has 0 saturated carbocycles. The van der Waals surface area contributed by atoms with Crippen LogP contribution in [0.3, 0.4) is 0 Å². The molecule has 0 radical (unpaired) electrons. The van der Waals surface area contributed by atoms with Crippen molar-refractivity contribution in [3.63, 3.8) is 0 Å². The largest absolute Gasteiger partial charge is 0.380 e. The van der Waals surface area contributed by atoms with Crippen LogP contribution in [0.2, 0.25) is 0 Å². The van der Waals surface area contributed by atoms with Crippen molar-refractivity contribution >= 4 is 0 Å². The first-order chi connectivity index (χ1) is 9.19. The van der Waals surface area contributed by atoms with Gasteiger partial charge in [-0.25, -0.2) is 0 Å². The van der Waals surface area contributed by atoms with Crippen molar-refractivity contribution in [3.05, 3.63) is 35.4 Å². The van der Waals surface area contributed by atoms with Crippen LogP contribution in [-0.4, -0.2) is 38.2 Å². The summed E-state index contributed by atoms with van der Waals surface area (Å²) in [6, 6.07) is 9.34. The molecule has 3 heteroatoms. The van der Waals surface area contributed by atoms with Gasteiger partial charge in [0.2, 0.25) is 0 Å². The molecule has 1 aliphatic rings. The molecule has 2 rings (SSSR count). The Labute approximate surface area is 116 Å². The maximum absolute atomic E-state index is 5.13. The normalized spacial score (nSPS) is 24.6. The lowest BCUT2D eigenvalue weighted by atomic mass is 9.94. The number of hydrogen-bond acceptors (Lipinski definition) is 3. The van der Waals surface area contributed by atoms with Crippen LogP contribution in [0.25, 0.3) is 0 Å². The van der Waals surface area contributed by atoms with Gasteiger partial charge in [0.15, 0.2) is 0 Å². The Morgan fingerprint density at radius 1 is 1.26 bits per heavy atom. The molecule has 3 nitrogen and oxygen atoms in total. The number of piperidine rings is 1. The fourth-order valence-electron chi connectivity index (χ4n) is 2.83. The van der Waals surface area contributed by atoms with Gasteiger partial charge in [0.25, 0.3) is 0 Å². The molecular weight excluding hydrogens is 236 g/mol. The van der Waals surface area contributed by atoms with E-state index in [4.69, 9.17) is 4.74 Å². The molecule has 1 aromatic rings. The van der Waals surface area contributed by atoms with Gasteiger partial charge in [-0.3, -0.25) is 0 Å². The number of likely N-dealkylation sites (tertiary alicyclic amines) is 1. The zero-order chi connectivity index (χ0) is 13.7. The minimum atomic E-state index is 0.648. The number of nitrogens with one attached hydrogen (secondary N) is 1. The SMILES string of the molecule is COCc1ccc(CNC2CCN(C)CC2C)cc1. The highest BCUT2D eigenvalue weighted by Crippen LogP contribution is 2.16. The van der Waals surface area contributed by atoms with Crippen LogP contribution in [0.4, 0.5) is 0 Å². The van der Waals surface area contributed by atoms with Crippen LogP contribution >= 0.6 is 0 Å². The molecule has 0 aromatic heterocycles. The minimum absolute atomic E-state index is 0.648. The van der Waals surface area contributed by atoms with E-state index in [2.05, 4.69) is 48.5 Å². The van der Waals surface area contributed by atoms with Crippen LogP contribution in [0, 0.1) is 5.92 Å². The Balaban J connectivity index is 1.81. The van der Waals surface area contributed by atoms with Crippen LogP contribution in [0.15, 0.2) is 24.3 Å². The molecule has 106 valence electrons. The standard InChI is InChI=1S/C16H26N2O/c1-13-11-18(2)9-8-16(13)17-10-14-4-6-15(7-5-14)12-19-3/h4-7,13,16-17H,8-12H2,1-3H3. The smallest absolute Gasteiger partial charge is 0.0713 e. The second-order valence-corrected chi connectivity index (χ2v) is 5.77. The first kappa shape index (κ1) is 14.5. The van der Waals surface area contributed by atoms with Crippen molar-refractivity contribution < 1.29 is 4.74 Å². The molecule has 2 unspecified atom stereocenters. The van der Waals surface area contributed by atoms with E-state index in [1.807, 2.05) is 0 Å². The maximum atomic E-state index is 5.13. The molecule has 1 aromatic carbocycles. The minimum Gasteiger partial charge on any atom is -0.380 e. The van der Waals surface area contributed by atoms with Gasteiger partial charge in [-0.05, 0) is 37.1 Å². The molecule has 1 aliphatic heterocycles. The van der Waals surface area contributed by atoms with Gasteiger partial charge in [0.1, 0.15) is 0 Å². The van der Waals surface area contributed by atoms with Crippen molar-refractivity contribution in [2.24, 2.45) is 5.92 Å². The predicted molar refractivity (Wildman–Crippen MR) is 79.1 cm³/mol. The second kappa shape index (κ2) is 7.04. The van der Waals surface area contributed by atoms with Gasteiger partial charge in [0.05, 0.1) is 6.61 Å². The van der Waals surface area contributed by atoms with Crippen LogP contribution < -0.4 is 5.32 Å². The summed E-state index contributed by atoms with van der Waals surface area (Å²) >= 11 is 0. The van der Waals surface area contributed by atoms with E-state index in [0.29, 0.717) is 12.6 Å². The molecule has 1 fully saturated rings. The molecule has 2 atom stereocenters. The second-order valence-electron chi connectivity index (χ2n) is 5.77. The highest BCUT2D eigenvalue weighted by atomic mass is 16.5. The summed E-state index contributed by atoms with van der Waals surface area (Å²) in [6.45, 7) is 6.40. The van der Waals surface area contributed by atoms with E-state index in [9.17, 15) is 0 Å². The van der Waals surface area contributed by atoms with E-state index in [-0.39, 0.29) is 0 Å². The number of methoxy groups -OCH3 is 1. The Morgan fingerprint density at radius 3 is 2.58 bits per heavy atom. The fourth-order valence-corrected chi connectivity index (χ4v) is 2.83. The third-order valence-corrected chi connectivity index (χ3v) is 4.01. The Hall–Kier alpha value is -0.900. The topological polar surface area (TPSA) is 24.5 Å². The van der Waals surface area contributed by atoms with Gasteiger partial charge in [-0.1, -0.05) is 31.2 Å². The third-order valence-electron chi connectivity index (χ3n) is 4.01. The van der Waals surface area contributed by atoms with Gasteiger partial charge >= 0.3 is 0 Å². The highest BCUT2D eigenvalue weighted by Gasteiger charge is 2.23. The summed E-state index contributed by atoms with van der Waals surface area (Å²) in [5.41, 5.74) is 2.59. The van der Waals surface area contributed by atoms with E-state index >= 15 is 0 Å². The van der Waals surface area contributed by atoms with Crippen molar-refractivity contribution in [2.75, 3.05) is 27.2 Å². The summed E-state index contributed by atoms with van der Waals surface area (Å²) < 4.78 is 5.13. The maximum Gasteiger partial charge on any atom is 0.0713 e. The van der Waals surface area contributed by atoms with Crippen LogP contribution in [0.1, 0.15) is 24.5 Å². The average Bonchev–Trinajstić information content (AvgIpc) is 2.40. The van der Waals surface area contributed by atoms with E-state index in [0.717, 1.165) is 12.5 Å². The molecule has 19 heavy (non-hydrogen) atoms. The lowest BCUT2D eigenvalue weighted by molar-refractivity contribution is 0.174. The molecule has 1 saturated heterocycles. The number of benzene rings is 1. The summed E-state index contributed by atoms with van der Waals surface area (Å²) in [4.78, 5) is 2.42. The number of nitrogens with zero attached hydrogens (tertiary/aromatic N) is 1. The predicted octanol–water partition coefficient (Wildman–Crippen LogP) is 2.26. The van der Waals surface area contributed by atoms with Gasteiger partial charge in [0, 0.05) is 26.2 Å². The molecular formula is C16H26N2O. The van der Waals surface area contributed by atoms with Crippen molar-refractivity contribution in [1.29, 1.82) is 0 Å². The molecule has 1 N–H and O–H groups in total. The Morgan fingerprint density at radius 2 is 1.95 bits per heavy atom. The third kappa shape index (κ3) is 4.30. The van der Waals surface area contributed by atoms with Crippen molar-refractivity contribution in [1.82, 2.24) is 10.2 Å². The molecule has 0 spiro atoms. The Bertz CT molecular complexity index is 377. The first-order valence-electron chi connectivity index (χ1n) is 7.17. The van der Waals surface area contributed by atoms with E-state index in [1.54, 1.807) is 7.11 Å². The molecule has 0 amide bonds. The fraction of sp³-hybridized carbons (Fsp3) is 0.625. The summed E-state index contributed by atoms with van der Waals surface area (Å²) in [5, 5.41) is 3.70. The summed E-state index contributed by atoms with van der Waals surface area (Å²) in [5.74, 6) is 0.728. The summed E-state index contributed by atoms with van der Waals surface area (Å²) in [7, 11) is 3.94. The van der Waals surface area contributed by atoms with Crippen molar-refractivity contribution in [2.45, 2.75) is 32.5 Å². The van der Waals surface area contributed by atoms with Crippen LogP contribution in [0.5, 0.6) is 0 Å². The molecule has 0 bridgehead atoms. The first-order valence-corrected chi connectivity index (χ1v) is 7.17. The highest BCUT2D eigenvalue weighted by molar-refractivity contribution is 5.22. The van der Waals surface area contributed by atoms with Crippen LogP contribution in [-0.2, 0) is 17.9 Å². The lowest BCUT2D eigenvalue weighted by Gasteiger charge is -2.35. The van der Waals surface area contributed by atoms with E-state index < -0.39 is 0 Å². The molecule has 1 heterocycles. The summed E-state index contributed by atoms with van der Waals surface area (Å²) in [6.07, 6.45) is 1.25. The van der Waals surface area contributed by atoms with Crippen molar-refractivity contribution in [3.8, 4) is 0 Å². The lowest BCUT2D eigenvalue weighted by Crippen LogP contribution is -2.46. The zero-order valence-electron chi connectivity index (χ0n) is 12.4. The van der Waals surface area contributed by atoms with Gasteiger partial charge in [-0.15, -0.1) is 0 Å². The number of hydrogen-bond donors (Lipinski definition) is 1. The number of ether oxygens (including phenoxy) is 1. The van der Waals surface area contributed by atoms with Gasteiger partial charge < -0.3 is 15.0 Å². The van der Waals surface area contributed by atoms with E-state index in [1.165, 1.54) is 30.6 Å². The monoisotopic (exact) mass is 262 g/mol. The number of rotatable bonds is 5. The quantitative estimate of drug-likeness (QED) is 0.881. The van der Waals surface area contributed by atoms with Gasteiger partial charge in [-0.2, -0.15) is 0 Å². The molecule has 0 aliphatic carbocycles. The average molecular weight is 262 g/mol.